The van der Waals surface area contributed by atoms with Gasteiger partial charge in [-0.2, -0.15) is 8.78 Å². The van der Waals surface area contributed by atoms with Gasteiger partial charge in [0, 0.05) is 5.56 Å². The van der Waals surface area contributed by atoms with Crippen molar-refractivity contribution >= 4 is 5.97 Å². The highest BCUT2D eigenvalue weighted by atomic mass is 19.3. The summed E-state index contributed by atoms with van der Waals surface area (Å²) in [7, 11) is 0. The summed E-state index contributed by atoms with van der Waals surface area (Å²) in [6, 6.07) is 14.7. The van der Waals surface area contributed by atoms with E-state index in [9.17, 15) is 13.6 Å². The highest BCUT2D eigenvalue weighted by molar-refractivity contribution is 5.89. The number of oxazole rings is 1. The fourth-order valence-corrected chi connectivity index (χ4v) is 2.11. The molecule has 0 unspecified atom stereocenters. The van der Waals surface area contributed by atoms with Crippen LogP contribution in [0.25, 0.3) is 11.5 Å². The normalized spacial score (nSPS) is 10.7. The monoisotopic (exact) mass is 345 g/mol. The molecule has 0 N–H and O–H groups in total. The van der Waals surface area contributed by atoms with Crippen LogP contribution in [0, 0.1) is 0 Å². The summed E-state index contributed by atoms with van der Waals surface area (Å²) in [5.74, 6) is -0.375. The summed E-state index contributed by atoms with van der Waals surface area (Å²) in [6.07, 6.45) is 1.39. The molecule has 0 aliphatic rings. The standard InChI is InChI=1S/C18H13F2NO4/c19-18(20)25-15-8-4-7-13(9-15)17(22)24-11-14-10-23-16(21-14)12-5-2-1-3-6-12/h1-10,18H,11H2. The number of hydrogen-bond donors (Lipinski definition) is 0. The van der Waals surface area contributed by atoms with Crippen molar-refractivity contribution in [1.29, 1.82) is 0 Å². The van der Waals surface area contributed by atoms with Crippen molar-refractivity contribution in [2.75, 3.05) is 0 Å². The summed E-state index contributed by atoms with van der Waals surface area (Å²) in [5, 5.41) is 0. The molecule has 0 aliphatic heterocycles. The summed E-state index contributed by atoms with van der Waals surface area (Å²) in [5.41, 5.74) is 1.34. The van der Waals surface area contributed by atoms with E-state index in [4.69, 9.17) is 9.15 Å². The molecule has 0 spiro atoms. The first-order chi connectivity index (χ1) is 12.1. The molecule has 5 nitrogen and oxygen atoms in total. The number of alkyl halides is 2. The van der Waals surface area contributed by atoms with Crippen LogP contribution >= 0.6 is 0 Å². The molecule has 0 amide bonds. The van der Waals surface area contributed by atoms with E-state index in [0.717, 1.165) is 5.56 Å². The van der Waals surface area contributed by atoms with E-state index >= 15 is 0 Å². The lowest BCUT2D eigenvalue weighted by Crippen LogP contribution is -2.07. The fraction of sp³-hybridized carbons (Fsp3) is 0.111. The number of halogens is 2. The lowest BCUT2D eigenvalue weighted by molar-refractivity contribution is -0.0499. The van der Waals surface area contributed by atoms with Gasteiger partial charge in [0.2, 0.25) is 5.89 Å². The largest absolute Gasteiger partial charge is 0.455 e. The highest BCUT2D eigenvalue weighted by Gasteiger charge is 2.13. The van der Waals surface area contributed by atoms with Crippen LogP contribution in [0.1, 0.15) is 16.1 Å². The Kier molecular flexibility index (Phi) is 5.03. The van der Waals surface area contributed by atoms with E-state index in [1.165, 1.54) is 30.5 Å². The van der Waals surface area contributed by atoms with Gasteiger partial charge in [-0.1, -0.05) is 24.3 Å². The van der Waals surface area contributed by atoms with Gasteiger partial charge < -0.3 is 13.9 Å². The minimum Gasteiger partial charge on any atom is -0.455 e. The van der Waals surface area contributed by atoms with Crippen LogP contribution in [-0.2, 0) is 11.3 Å². The van der Waals surface area contributed by atoms with Crippen LogP contribution in [0.5, 0.6) is 5.75 Å². The maximum atomic E-state index is 12.2. The summed E-state index contributed by atoms with van der Waals surface area (Å²) in [6.45, 7) is -3.06. The van der Waals surface area contributed by atoms with Crippen LogP contribution in [0.3, 0.4) is 0 Å². The Morgan fingerprint density at radius 1 is 1.12 bits per heavy atom. The van der Waals surface area contributed by atoms with Gasteiger partial charge in [0.05, 0.1) is 5.56 Å². The van der Waals surface area contributed by atoms with Crippen LogP contribution in [0.15, 0.2) is 65.3 Å². The maximum absolute atomic E-state index is 12.2. The van der Waals surface area contributed by atoms with Gasteiger partial charge in [-0.25, -0.2) is 9.78 Å². The molecule has 2 aromatic carbocycles. The van der Waals surface area contributed by atoms with Gasteiger partial charge >= 0.3 is 12.6 Å². The number of carbonyl (C=O) groups excluding carboxylic acids is 1. The van der Waals surface area contributed by atoms with Gasteiger partial charge in [-0.15, -0.1) is 0 Å². The molecule has 0 fully saturated rings. The first-order valence-corrected chi connectivity index (χ1v) is 7.33. The zero-order valence-electron chi connectivity index (χ0n) is 12.9. The second-order valence-electron chi connectivity index (χ2n) is 4.99. The van der Waals surface area contributed by atoms with Gasteiger partial charge in [-0.05, 0) is 30.3 Å². The van der Waals surface area contributed by atoms with Crippen molar-refractivity contribution in [1.82, 2.24) is 4.98 Å². The van der Waals surface area contributed by atoms with E-state index in [2.05, 4.69) is 9.72 Å². The minimum absolute atomic E-state index is 0.102. The van der Waals surface area contributed by atoms with Crippen molar-refractivity contribution in [3.8, 4) is 17.2 Å². The number of aromatic nitrogens is 1. The van der Waals surface area contributed by atoms with Crippen LogP contribution in [0.2, 0.25) is 0 Å². The first-order valence-electron chi connectivity index (χ1n) is 7.33. The smallest absolute Gasteiger partial charge is 0.387 e. The third-order valence-corrected chi connectivity index (χ3v) is 3.22. The lowest BCUT2D eigenvalue weighted by atomic mass is 10.2. The molecule has 128 valence electrons. The zero-order valence-corrected chi connectivity index (χ0v) is 12.9. The SMILES string of the molecule is O=C(OCc1coc(-c2ccccc2)n1)c1cccc(OC(F)F)c1. The Morgan fingerprint density at radius 3 is 2.68 bits per heavy atom. The number of benzene rings is 2. The second-order valence-corrected chi connectivity index (χ2v) is 4.99. The lowest BCUT2D eigenvalue weighted by Gasteiger charge is -2.06. The number of hydrogen-bond acceptors (Lipinski definition) is 5. The van der Waals surface area contributed by atoms with Gasteiger partial charge in [-0.3, -0.25) is 0 Å². The van der Waals surface area contributed by atoms with Gasteiger partial charge in [0.1, 0.15) is 24.3 Å². The molecule has 7 heteroatoms. The molecule has 0 bridgehead atoms. The van der Waals surface area contributed by atoms with E-state index in [1.807, 2.05) is 30.3 Å². The van der Waals surface area contributed by atoms with Crippen molar-refractivity contribution < 1.29 is 27.5 Å². The maximum Gasteiger partial charge on any atom is 0.387 e. The van der Waals surface area contributed by atoms with E-state index in [0.29, 0.717) is 11.6 Å². The number of rotatable bonds is 6. The van der Waals surface area contributed by atoms with Crippen molar-refractivity contribution in [3.63, 3.8) is 0 Å². The summed E-state index contributed by atoms with van der Waals surface area (Å²) < 4.78 is 39.1. The number of nitrogens with zero attached hydrogens (tertiary/aromatic N) is 1. The van der Waals surface area contributed by atoms with Crippen LogP contribution in [0.4, 0.5) is 8.78 Å². The molecule has 0 radical (unpaired) electrons. The summed E-state index contributed by atoms with van der Waals surface area (Å²) >= 11 is 0. The third kappa shape index (κ3) is 4.41. The van der Waals surface area contributed by atoms with Crippen molar-refractivity contribution in [3.05, 3.63) is 72.1 Å². The summed E-state index contributed by atoms with van der Waals surface area (Å²) in [4.78, 5) is 16.2. The van der Waals surface area contributed by atoms with Crippen molar-refractivity contribution in [2.45, 2.75) is 13.2 Å². The molecule has 3 aromatic rings. The zero-order chi connectivity index (χ0) is 17.6. The molecular formula is C18H13F2NO4. The van der Waals surface area contributed by atoms with Gasteiger partial charge in [0.15, 0.2) is 0 Å². The predicted molar refractivity (Wildman–Crippen MR) is 84.1 cm³/mol. The average Bonchev–Trinajstić information content (AvgIpc) is 3.09. The van der Waals surface area contributed by atoms with Crippen molar-refractivity contribution in [2.24, 2.45) is 0 Å². The predicted octanol–water partition coefficient (Wildman–Crippen LogP) is 4.30. The molecule has 0 saturated carbocycles. The first kappa shape index (κ1) is 16.6. The number of esters is 1. The Labute approximate surface area is 141 Å². The topological polar surface area (TPSA) is 61.6 Å². The van der Waals surface area contributed by atoms with E-state index < -0.39 is 12.6 Å². The Balaban J connectivity index is 1.62. The average molecular weight is 345 g/mol. The molecular weight excluding hydrogens is 332 g/mol. The van der Waals surface area contributed by atoms with Crippen LogP contribution < -0.4 is 4.74 Å². The van der Waals surface area contributed by atoms with Crippen LogP contribution in [-0.4, -0.2) is 17.6 Å². The highest BCUT2D eigenvalue weighted by Crippen LogP contribution is 2.19. The molecule has 3 rings (SSSR count). The Bertz CT molecular complexity index is 849. The second kappa shape index (κ2) is 7.57. The molecule has 0 atom stereocenters. The molecule has 1 heterocycles. The van der Waals surface area contributed by atoms with E-state index in [1.54, 1.807) is 0 Å². The Morgan fingerprint density at radius 2 is 1.92 bits per heavy atom. The van der Waals surface area contributed by atoms with Gasteiger partial charge in [0.25, 0.3) is 0 Å². The molecule has 0 saturated heterocycles. The number of carbonyl (C=O) groups is 1. The molecule has 25 heavy (non-hydrogen) atoms. The molecule has 0 aliphatic carbocycles. The fourth-order valence-electron chi connectivity index (χ4n) is 2.11. The quantitative estimate of drug-likeness (QED) is 0.623. The third-order valence-electron chi connectivity index (χ3n) is 3.22. The Hall–Kier alpha value is -3.22. The van der Waals surface area contributed by atoms with E-state index in [-0.39, 0.29) is 17.9 Å². The minimum atomic E-state index is -2.96. The molecule has 1 aromatic heterocycles. The number of ether oxygens (including phenoxy) is 2.